The van der Waals surface area contributed by atoms with E-state index in [2.05, 4.69) is 25.6 Å². The maximum atomic E-state index is 12.3. The number of aliphatic hydroxyl groups excluding tert-OH is 2. The predicted octanol–water partition coefficient (Wildman–Crippen LogP) is 1.52. The van der Waals surface area contributed by atoms with E-state index in [1.54, 1.807) is 6.92 Å². The summed E-state index contributed by atoms with van der Waals surface area (Å²) in [4.78, 5) is 36.9. The van der Waals surface area contributed by atoms with Crippen LogP contribution in [-0.4, -0.2) is 78.1 Å². The van der Waals surface area contributed by atoms with Gasteiger partial charge in [0.15, 0.2) is 29.3 Å². The first-order valence-corrected chi connectivity index (χ1v) is 12.5. The molecule has 0 spiro atoms. The molecule has 0 radical (unpaired) electrons. The number of carbonyl (C=O) groups excluding carboxylic acids is 1. The van der Waals surface area contributed by atoms with Gasteiger partial charge in [0.05, 0.1) is 6.33 Å². The van der Waals surface area contributed by atoms with Crippen molar-refractivity contribution in [2.45, 2.75) is 37.4 Å². The number of rotatable bonds is 9. The van der Waals surface area contributed by atoms with Gasteiger partial charge in [-0.05, 0) is 18.1 Å². The van der Waals surface area contributed by atoms with E-state index in [0.29, 0.717) is 13.1 Å². The highest BCUT2D eigenvalue weighted by Gasteiger charge is 2.47. The van der Waals surface area contributed by atoms with Crippen LogP contribution in [0.4, 0.5) is 5.82 Å². The van der Waals surface area contributed by atoms with E-state index in [-0.39, 0.29) is 22.9 Å². The number of benzene rings is 2. The van der Waals surface area contributed by atoms with Crippen molar-refractivity contribution >= 4 is 28.9 Å². The fraction of sp³-hybridized carbons (Fsp3) is 0.296. The number of carbonyl (C=O) groups is 2. The average molecular weight is 533 g/mol. The Morgan fingerprint density at radius 1 is 1.00 bits per heavy atom. The van der Waals surface area contributed by atoms with Gasteiger partial charge in [0, 0.05) is 19.0 Å². The van der Waals surface area contributed by atoms with Gasteiger partial charge < -0.3 is 30.7 Å². The van der Waals surface area contributed by atoms with Crippen molar-refractivity contribution in [3.63, 3.8) is 0 Å². The van der Waals surface area contributed by atoms with Crippen LogP contribution >= 0.6 is 0 Å². The Kier molecular flexibility index (Phi) is 7.50. The molecule has 12 nitrogen and oxygen atoms in total. The Morgan fingerprint density at radius 2 is 1.64 bits per heavy atom. The molecule has 4 atom stereocenters. The second-order valence-electron chi connectivity index (χ2n) is 9.10. The molecule has 0 bridgehead atoms. The van der Waals surface area contributed by atoms with Gasteiger partial charge in [0.2, 0.25) is 5.82 Å². The van der Waals surface area contributed by atoms with E-state index < -0.39 is 42.2 Å². The number of anilines is 1. The monoisotopic (exact) mass is 532 g/mol. The van der Waals surface area contributed by atoms with E-state index in [1.165, 1.54) is 10.9 Å². The first-order chi connectivity index (χ1) is 18.9. The molecule has 5 N–H and O–H groups in total. The fourth-order valence-electron chi connectivity index (χ4n) is 4.70. The summed E-state index contributed by atoms with van der Waals surface area (Å²) >= 11 is 0. The van der Waals surface area contributed by atoms with Crippen LogP contribution in [0.2, 0.25) is 0 Å². The smallest absolute Gasteiger partial charge is 0.374 e. The molecule has 12 heteroatoms. The number of carboxylic acid groups (broad SMARTS) is 1. The highest BCUT2D eigenvalue weighted by molar-refractivity contribution is 5.90. The van der Waals surface area contributed by atoms with E-state index in [4.69, 9.17) is 4.74 Å². The molecule has 4 aromatic rings. The molecule has 1 amide bonds. The second kappa shape index (κ2) is 11.2. The summed E-state index contributed by atoms with van der Waals surface area (Å²) in [5.74, 6) is -2.33. The molecule has 3 heterocycles. The summed E-state index contributed by atoms with van der Waals surface area (Å²) < 4.78 is 6.99. The van der Waals surface area contributed by atoms with E-state index in [9.17, 15) is 24.9 Å². The minimum atomic E-state index is -1.50. The third-order valence-corrected chi connectivity index (χ3v) is 6.61. The number of aromatic nitrogens is 4. The molecule has 1 aliphatic rings. The fourth-order valence-corrected chi connectivity index (χ4v) is 4.70. The van der Waals surface area contributed by atoms with Crippen molar-refractivity contribution in [1.29, 1.82) is 0 Å². The van der Waals surface area contributed by atoms with Gasteiger partial charge >= 0.3 is 5.97 Å². The number of carboxylic acids is 1. The SMILES string of the molecule is CCNC(=O)[C@H]1O[C@@H](n2cnc3c(NCC(c4ccccc4)c4ccccc4)nc(C(=O)O)nc32)[C@@H](O)[C@@H]1O. The van der Waals surface area contributed by atoms with Gasteiger partial charge in [0.25, 0.3) is 5.91 Å². The normalized spacial score (nSPS) is 20.8. The van der Waals surface area contributed by atoms with Crippen LogP contribution in [0.1, 0.15) is 40.8 Å². The molecule has 202 valence electrons. The van der Waals surface area contributed by atoms with Crippen LogP contribution in [0.5, 0.6) is 0 Å². The highest BCUT2D eigenvalue weighted by Crippen LogP contribution is 2.33. The van der Waals surface area contributed by atoms with Crippen LogP contribution in [0.15, 0.2) is 67.0 Å². The molecule has 1 aliphatic heterocycles. The molecule has 2 aromatic heterocycles. The lowest BCUT2D eigenvalue weighted by molar-refractivity contribution is -0.137. The molecule has 1 fully saturated rings. The van der Waals surface area contributed by atoms with Crippen molar-refractivity contribution in [3.05, 3.63) is 83.9 Å². The second-order valence-corrected chi connectivity index (χ2v) is 9.10. The zero-order valence-electron chi connectivity index (χ0n) is 21.0. The van der Waals surface area contributed by atoms with Crippen molar-refractivity contribution in [2.75, 3.05) is 18.4 Å². The van der Waals surface area contributed by atoms with Crippen LogP contribution in [0, 0.1) is 0 Å². The van der Waals surface area contributed by atoms with Crippen molar-refractivity contribution in [1.82, 2.24) is 24.8 Å². The number of amides is 1. The molecule has 2 aromatic carbocycles. The molecule has 5 rings (SSSR count). The summed E-state index contributed by atoms with van der Waals surface area (Å²) in [5.41, 5.74) is 2.41. The predicted molar refractivity (Wildman–Crippen MR) is 140 cm³/mol. The van der Waals surface area contributed by atoms with Crippen LogP contribution < -0.4 is 10.6 Å². The molecular formula is C27H28N6O6. The summed E-state index contributed by atoms with van der Waals surface area (Å²) in [6.45, 7) is 2.40. The van der Waals surface area contributed by atoms with Crippen molar-refractivity contribution in [3.8, 4) is 0 Å². The van der Waals surface area contributed by atoms with Crippen molar-refractivity contribution in [2.24, 2.45) is 0 Å². The van der Waals surface area contributed by atoms with Gasteiger partial charge in [-0.2, -0.15) is 0 Å². The number of ether oxygens (including phenoxy) is 1. The summed E-state index contributed by atoms with van der Waals surface area (Å²) in [7, 11) is 0. The molecule has 0 unspecified atom stereocenters. The van der Waals surface area contributed by atoms with Crippen LogP contribution in [0.3, 0.4) is 0 Å². The number of hydrogen-bond acceptors (Lipinski definition) is 9. The average Bonchev–Trinajstić information content (AvgIpc) is 3.50. The Labute approximate surface area is 223 Å². The summed E-state index contributed by atoms with van der Waals surface area (Å²) in [6, 6.07) is 19.7. The number of nitrogens with zero attached hydrogens (tertiary/aromatic N) is 4. The number of aromatic carboxylic acids is 1. The maximum absolute atomic E-state index is 12.3. The van der Waals surface area contributed by atoms with E-state index in [0.717, 1.165) is 11.1 Å². The molecular weight excluding hydrogens is 504 g/mol. The first-order valence-electron chi connectivity index (χ1n) is 12.5. The lowest BCUT2D eigenvalue weighted by atomic mass is 9.91. The minimum absolute atomic E-state index is 0.0636. The maximum Gasteiger partial charge on any atom is 0.374 e. The van der Waals surface area contributed by atoms with Gasteiger partial charge in [-0.1, -0.05) is 60.7 Å². The first kappa shape index (κ1) is 26.2. The third kappa shape index (κ3) is 5.17. The Hall–Kier alpha value is -4.39. The van der Waals surface area contributed by atoms with Gasteiger partial charge in [-0.25, -0.2) is 19.7 Å². The Bertz CT molecular complexity index is 1420. The number of fused-ring (bicyclic) bond motifs is 1. The molecule has 39 heavy (non-hydrogen) atoms. The molecule has 1 saturated heterocycles. The standard InChI is InChI=1S/C27H28N6O6/c1-2-28-25(36)21-19(34)20(35)26(39-21)33-14-30-18-22(31-23(27(37)38)32-24(18)33)29-13-17(15-9-5-3-6-10-15)16-11-7-4-8-12-16/h3-12,14,17,19-21,26,34-35H,2,13H2,1H3,(H,28,36)(H,37,38)(H,29,31,32)/t19-,20-,21-,26+/m0/s1. The molecule has 0 saturated carbocycles. The zero-order chi connectivity index (χ0) is 27.5. The largest absolute Gasteiger partial charge is 0.475 e. The number of nitrogens with one attached hydrogen (secondary N) is 2. The zero-order valence-corrected chi connectivity index (χ0v) is 21.0. The Morgan fingerprint density at radius 3 is 2.23 bits per heavy atom. The number of hydrogen-bond donors (Lipinski definition) is 5. The van der Waals surface area contributed by atoms with E-state index >= 15 is 0 Å². The quantitative estimate of drug-likeness (QED) is 0.213. The van der Waals surface area contributed by atoms with Crippen molar-refractivity contribution < 1.29 is 29.6 Å². The van der Waals surface area contributed by atoms with Crippen LogP contribution in [-0.2, 0) is 9.53 Å². The highest BCUT2D eigenvalue weighted by atomic mass is 16.6. The summed E-state index contributed by atoms with van der Waals surface area (Å²) in [6.07, 6.45) is -4.24. The summed E-state index contributed by atoms with van der Waals surface area (Å²) in [5, 5.41) is 36.6. The lowest BCUT2D eigenvalue weighted by Gasteiger charge is -2.20. The van der Waals surface area contributed by atoms with Gasteiger partial charge in [-0.3, -0.25) is 9.36 Å². The Balaban J connectivity index is 1.50. The third-order valence-electron chi connectivity index (χ3n) is 6.61. The number of aliphatic hydroxyl groups is 2. The van der Waals surface area contributed by atoms with E-state index in [1.807, 2.05) is 60.7 Å². The van der Waals surface area contributed by atoms with Gasteiger partial charge in [0.1, 0.15) is 12.2 Å². The lowest BCUT2D eigenvalue weighted by Crippen LogP contribution is -2.42. The van der Waals surface area contributed by atoms with Gasteiger partial charge in [-0.15, -0.1) is 0 Å². The van der Waals surface area contributed by atoms with Crippen LogP contribution in [0.25, 0.3) is 11.2 Å². The number of likely N-dealkylation sites (N-methyl/N-ethyl adjacent to an activating group) is 1. The minimum Gasteiger partial charge on any atom is -0.475 e. The molecule has 0 aliphatic carbocycles. The topological polar surface area (TPSA) is 172 Å². The number of imidazole rings is 1.